The molecule has 4 heteroatoms. The smallest absolute Gasteiger partial charge is 0.407 e. The molecule has 0 saturated heterocycles. The molecular formula is C18H19NO2S. The number of hydrogen-bond acceptors (Lipinski definition) is 3. The zero-order valence-electron chi connectivity index (χ0n) is 12.8. The van der Waals surface area contributed by atoms with Gasteiger partial charge < -0.3 is 10.1 Å². The maximum Gasteiger partial charge on any atom is 0.407 e. The molecule has 0 aromatic heterocycles. The Morgan fingerprint density at radius 2 is 2.09 bits per heavy atom. The minimum absolute atomic E-state index is 0.167. The maximum atomic E-state index is 12.0. The molecule has 1 heterocycles. The molecule has 0 saturated carbocycles. The minimum Gasteiger partial charge on any atom is -0.450 e. The molecule has 3 nitrogen and oxygen atoms in total. The topological polar surface area (TPSA) is 38.3 Å². The van der Waals surface area contributed by atoms with Crippen LogP contribution in [0.4, 0.5) is 4.79 Å². The van der Waals surface area contributed by atoms with Gasteiger partial charge in [-0.1, -0.05) is 42.0 Å². The summed E-state index contributed by atoms with van der Waals surface area (Å²) in [5, 5.41) is 3.02. The first-order valence-electron chi connectivity index (χ1n) is 7.43. The van der Waals surface area contributed by atoms with Crippen molar-refractivity contribution in [1.29, 1.82) is 0 Å². The third kappa shape index (κ3) is 2.97. The highest BCUT2D eigenvalue weighted by Gasteiger charge is 2.25. The van der Waals surface area contributed by atoms with Crippen molar-refractivity contribution in [2.24, 2.45) is 0 Å². The van der Waals surface area contributed by atoms with E-state index < -0.39 is 0 Å². The lowest BCUT2D eigenvalue weighted by atomic mass is 9.94. The van der Waals surface area contributed by atoms with E-state index in [-0.39, 0.29) is 12.1 Å². The van der Waals surface area contributed by atoms with Crippen LogP contribution in [0.1, 0.15) is 35.2 Å². The number of rotatable bonds is 2. The zero-order chi connectivity index (χ0) is 15.5. The molecule has 114 valence electrons. The van der Waals surface area contributed by atoms with Crippen LogP contribution in [0, 0.1) is 6.92 Å². The number of hydrogen-bond donors (Lipinski definition) is 1. The van der Waals surface area contributed by atoms with E-state index in [1.807, 2.05) is 30.8 Å². The second-order valence-corrected chi connectivity index (χ2v) is 6.34. The Morgan fingerprint density at radius 3 is 2.91 bits per heavy atom. The van der Waals surface area contributed by atoms with E-state index in [4.69, 9.17) is 4.74 Å². The van der Waals surface area contributed by atoms with Gasteiger partial charge in [-0.25, -0.2) is 4.79 Å². The van der Waals surface area contributed by atoms with Crippen molar-refractivity contribution in [3.05, 3.63) is 64.7 Å². The van der Waals surface area contributed by atoms with Gasteiger partial charge in [0.1, 0.15) is 0 Å². The Morgan fingerprint density at radius 1 is 1.27 bits per heavy atom. The average molecular weight is 313 g/mol. The Hall–Kier alpha value is -1.94. The zero-order valence-corrected chi connectivity index (χ0v) is 13.6. The van der Waals surface area contributed by atoms with Crippen LogP contribution < -0.4 is 5.32 Å². The summed E-state index contributed by atoms with van der Waals surface area (Å²) >= 11 is 1.81. The van der Waals surface area contributed by atoms with Crippen LogP contribution in [-0.2, 0) is 10.5 Å². The van der Waals surface area contributed by atoms with Gasteiger partial charge in [0.05, 0.1) is 12.6 Å². The van der Waals surface area contributed by atoms with Gasteiger partial charge >= 0.3 is 6.09 Å². The molecule has 3 rings (SSSR count). The van der Waals surface area contributed by atoms with Crippen molar-refractivity contribution in [3.8, 4) is 0 Å². The fraction of sp³-hybridized carbons (Fsp3) is 0.278. The first kappa shape index (κ1) is 15.0. The number of carbonyl (C=O) groups excluding carboxylic acids is 1. The number of ether oxygens (including phenoxy) is 1. The van der Waals surface area contributed by atoms with E-state index in [1.54, 1.807) is 0 Å². The Bertz CT molecular complexity index is 699. The highest BCUT2D eigenvalue weighted by Crippen LogP contribution is 2.39. The molecule has 0 bridgehead atoms. The van der Waals surface area contributed by atoms with Gasteiger partial charge in [-0.3, -0.25) is 0 Å². The van der Waals surface area contributed by atoms with Crippen molar-refractivity contribution in [3.63, 3.8) is 0 Å². The molecule has 1 aliphatic rings. The summed E-state index contributed by atoms with van der Waals surface area (Å²) in [7, 11) is 0. The molecule has 1 unspecified atom stereocenters. The van der Waals surface area contributed by atoms with Crippen molar-refractivity contribution in [1.82, 2.24) is 5.32 Å². The van der Waals surface area contributed by atoms with Crippen LogP contribution in [-0.4, -0.2) is 12.7 Å². The van der Waals surface area contributed by atoms with Crippen LogP contribution in [0.3, 0.4) is 0 Å². The van der Waals surface area contributed by atoms with Crippen LogP contribution in [0.2, 0.25) is 0 Å². The van der Waals surface area contributed by atoms with Gasteiger partial charge in [0, 0.05) is 10.6 Å². The second kappa shape index (κ2) is 6.44. The number of thioether (sulfide) groups is 1. The molecular weight excluding hydrogens is 294 g/mol. The van der Waals surface area contributed by atoms with Crippen molar-refractivity contribution >= 4 is 17.9 Å². The lowest BCUT2D eigenvalue weighted by Gasteiger charge is -2.21. The van der Waals surface area contributed by atoms with E-state index in [2.05, 4.69) is 42.6 Å². The predicted octanol–water partition coefficient (Wildman–Crippen LogP) is 4.44. The molecule has 2 aromatic rings. The molecule has 1 aliphatic heterocycles. The second-order valence-electron chi connectivity index (χ2n) is 5.33. The summed E-state index contributed by atoms with van der Waals surface area (Å²) in [4.78, 5) is 13.2. The lowest BCUT2D eigenvalue weighted by molar-refractivity contribution is 0.149. The third-order valence-corrected chi connectivity index (χ3v) is 4.90. The lowest BCUT2D eigenvalue weighted by Crippen LogP contribution is -2.30. The Labute approximate surface area is 135 Å². The number of amides is 1. The number of benzene rings is 2. The highest BCUT2D eigenvalue weighted by atomic mass is 32.2. The van der Waals surface area contributed by atoms with Gasteiger partial charge in [-0.2, -0.15) is 0 Å². The standard InChI is InChI=1S/C18H19NO2S/c1-3-21-18(20)19-17-14-7-5-4-6-13(14)11-22-16-9-8-12(2)10-15(16)17/h4-10,17H,3,11H2,1-2H3,(H,19,20). The number of aryl methyl sites for hydroxylation is 1. The van der Waals surface area contributed by atoms with Crippen molar-refractivity contribution in [2.75, 3.05) is 6.61 Å². The molecule has 0 radical (unpaired) electrons. The fourth-order valence-electron chi connectivity index (χ4n) is 2.74. The molecule has 0 spiro atoms. The van der Waals surface area contributed by atoms with E-state index in [0.717, 1.165) is 16.9 Å². The summed E-state index contributed by atoms with van der Waals surface area (Å²) in [5.74, 6) is 0.910. The number of alkyl carbamates (subject to hydrolysis) is 1. The minimum atomic E-state index is -0.373. The summed E-state index contributed by atoms with van der Waals surface area (Å²) in [5.41, 5.74) is 4.73. The van der Waals surface area contributed by atoms with E-state index in [9.17, 15) is 4.79 Å². The van der Waals surface area contributed by atoms with E-state index in [0.29, 0.717) is 6.61 Å². The number of nitrogens with one attached hydrogen (secondary N) is 1. The first-order valence-corrected chi connectivity index (χ1v) is 8.42. The van der Waals surface area contributed by atoms with Crippen LogP contribution >= 0.6 is 11.8 Å². The largest absolute Gasteiger partial charge is 0.450 e. The molecule has 1 N–H and O–H groups in total. The normalized spacial score (nSPS) is 16.2. The van der Waals surface area contributed by atoms with Gasteiger partial charge in [-0.05, 0) is 36.6 Å². The SMILES string of the molecule is CCOC(=O)NC1c2ccccc2CSc2ccc(C)cc21. The molecule has 1 atom stereocenters. The maximum absolute atomic E-state index is 12.0. The molecule has 2 aromatic carbocycles. The average Bonchev–Trinajstić information content (AvgIpc) is 2.66. The predicted molar refractivity (Wildman–Crippen MR) is 89.2 cm³/mol. The monoisotopic (exact) mass is 313 g/mol. The number of fused-ring (bicyclic) bond motifs is 2. The highest BCUT2D eigenvalue weighted by molar-refractivity contribution is 7.98. The first-order chi connectivity index (χ1) is 10.7. The van der Waals surface area contributed by atoms with Gasteiger partial charge in [0.25, 0.3) is 0 Å². The summed E-state index contributed by atoms with van der Waals surface area (Å²) in [6, 6.07) is 14.5. The summed E-state index contributed by atoms with van der Waals surface area (Å²) in [6.45, 7) is 4.26. The van der Waals surface area contributed by atoms with Crippen LogP contribution in [0.15, 0.2) is 47.4 Å². The van der Waals surface area contributed by atoms with Gasteiger partial charge in [0.2, 0.25) is 0 Å². The summed E-state index contributed by atoms with van der Waals surface area (Å²) < 4.78 is 5.09. The van der Waals surface area contributed by atoms with Crippen LogP contribution in [0.5, 0.6) is 0 Å². The van der Waals surface area contributed by atoms with Gasteiger partial charge in [0.15, 0.2) is 0 Å². The molecule has 0 aliphatic carbocycles. The van der Waals surface area contributed by atoms with E-state index >= 15 is 0 Å². The Balaban J connectivity index is 2.08. The van der Waals surface area contributed by atoms with Crippen LogP contribution in [0.25, 0.3) is 0 Å². The fourth-order valence-corrected chi connectivity index (χ4v) is 3.82. The molecule has 1 amide bonds. The van der Waals surface area contributed by atoms with Gasteiger partial charge in [-0.15, -0.1) is 11.8 Å². The Kier molecular flexibility index (Phi) is 4.39. The third-order valence-electron chi connectivity index (χ3n) is 3.76. The quantitative estimate of drug-likeness (QED) is 0.891. The summed E-state index contributed by atoms with van der Waals surface area (Å²) in [6.07, 6.45) is -0.373. The molecule has 0 fully saturated rings. The molecule has 22 heavy (non-hydrogen) atoms. The van der Waals surface area contributed by atoms with Crippen molar-refractivity contribution in [2.45, 2.75) is 30.5 Å². The number of carbonyl (C=O) groups is 1. The van der Waals surface area contributed by atoms with E-state index in [1.165, 1.54) is 16.0 Å². The van der Waals surface area contributed by atoms with Crippen molar-refractivity contribution < 1.29 is 9.53 Å².